The summed E-state index contributed by atoms with van der Waals surface area (Å²) in [6, 6.07) is 0. The van der Waals surface area contributed by atoms with E-state index < -0.39 is 0 Å². The van der Waals surface area contributed by atoms with Crippen molar-refractivity contribution in [2.24, 2.45) is 0 Å². The normalized spacial score (nSPS) is 1.00. The van der Waals surface area contributed by atoms with E-state index in [2.05, 4.69) is 0 Å². The second-order valence-corrected chi connectivity index (χ2v) is 0. The Hall–Kier alpha value is 1.50. The van der Waals surface area contributed by atoms with Gasteiger partial charge in [0.1, 0.15) is 0 Å². The van der Waals surface area contributed by atoms with Crippen LogP contribution in [0.25, 0.3) is 0 Å². The zero-order valence-electron chi connectivity index (χ0n) is 1.49. The number of hydrogen-bond donors (Lipinski definition) is 0. The van der Waals surface area contributed by atoms with Gasteiger partial charge in [-0.25, -0.2) is 0 Å². The quantitative estimate of drug-likeness (QED) is 0.570. The van der Waals surface area contributed by atoms with Crippen molar-refractivity contribution in [3.8, 4) is 0 Å². The topological polar surface area (TPSA) is 17.1 Å². The van der Waals surface area contributed by atoms with Gasteiger partial charge in [0.15, 0.2) is 0 Å². The molecule has 1 nitrogen and oxygen atoms in total. The van der Waals surface area contributed by atoms with Crippen LogP contribution in [0.5, 0.6) is 0 Å². The van der Waals surface area contributed by atoms with Gasteiger partial charge in [-0.2, -0.15) is 0 Å². The van der Waals surface area contributed by atoms with Gasteiger partial charge in [0.2, 0.25) is 0 Å². The molecule has 0 radical (unpaired) electrons. The first kappa shape index (κ1) is 17.8. The average Bonchev–Trinajstić information content (AvgIpc) is 1.00. The van der Waals surface area contributed by atoms with Gasteiger partial charge in [0.05, 0.1) is 0 Å². The molecule has 0 spiro atoms. The Kier molecular flexibility index (Phi) is 109. The zero-order valence-corrected chi connectivity index (χ0v) is 6.51. The van der Waals surface area contributed by atoms with Crippen LogP contribution in [0.4, 0.5) is 0 Å². The molecule has 0 aliphatic heterocycles. The molecule has 0 fully saturated rings. The minimum absolute atomic E-state index is 0. The minimum atomic E-state index is 0. The first-order chi connectivity index (χ1) is 1.00. The molecule has 0 aromatic carbocycles. The maximum atomic E-state index is 8.33. The summed E-state index contributed by atoms with van der Waals surface area (Å²) < 4.78 is 8.33. The van der Waals surface area contributed by atoms with Gasteiger partial charge in [-0.15, -0.1) is 0 Å². The van der Waals surface area contributed by atoms with E-state index >= 15 is 0 Å². The Bertz CT molecular complexity index is 8.00. The summed E-state index contributed by atoms with van der Waals surface area (Å²) in [5, 5.41) is 0. The van der Waals surface area contributed by atoms with Gasteiger partial charge in [-0.3, -0.25) is 0 Å². The fraction of sp³-hybridized carbons (Fsp3) is 0. The Morgan fingerprint density at radius 2 is 1.25 bits per heavy atom. The molecule has 0 saturated carbocycles. The van der Waals surface area contributed by atoms with Crippen LogP contribution in [0.1, 0.15) is 0 Å². The van der Waals surface area contributed by atoms with Crippen LogP contribution in [0.2, 0.25) is 0 Å². The fourth-order valence-corrected chi connectivity index (χ4v) is 0. The summed E-state index contributed by atoms with van der Waals surface area (Å²) >= 11 is 0.333. The molecule has 0 rings (SSSR count). The zero-order chi connectivity index (χ0) is 2.00. The number of hydrogen-bond acceptors (Lipinski definition) is 1. The van der Waals surface area contributed by atoms with Crippen molar-refractivity contribution in [1.29, 1.82) is 0 Å². The van der Waals surface area contributed by atoms with E-state index in [0.29, 0.717) is 19.8 Å². The van der Waals surface area contributed by atoms with E-state index in [1.807, 2.05) is 0 Å². The van der Waals surface area contributed by atoms with Crippen LogP contribution in [-0.2, 0) is 56.7 Å². The summed E-state index contributed by atoms with van der Waals surface area (Å²) in [6.07, 6.45) is 0. The van der Waals surface area contributed by atoms with Crippen LogP contribution in [0.3, 0.4) is 0 Å². The summed E-state index contributed by atoms with van der Waals surface area (Å²) in [7, 11) is 0. The maximum absolute atomic E-state index is 8.33. The molecule has 0 bridgehead atoms. The van der Waals surface area contributed by atoms with E-state index in [0.717, 1.165) is 0 Å². The molecule has 30 valence electrons. The predicted octanol–water partition coefficient (Wildman–Crippen LogP) is -0.126. The van der Waals surface area contributed by atoms with Crippen LogP contribution in [-0.4, -0.2) is 0 Å². The molecule has 0 N–H and O–H groups in total. The third-order valence-corrected chi connectivity index (χ3v) is 0. The molecule has 0 aliphatic rings. The standard InChI is InChI=1S/Fe.Ni.O.W. The number of rotatable bonds is 0. The predicted molar refractivity (Wildman–Crippen MR) is 0.686 cm³/mol. The van der Waals surface area contributed by atoms with Crippen molar-refractivity contribution in [2.75, 3.05) is 0 Å². The molecule has 0 atom stereocenters. The average molecular weight is 314 g/mol. The van der Waals surface area contributed by atoms with Crippen molar-refractivity contribution in [3.05, 3.63) is 0 Å². The van der Waals surface area contributed by atoms with Crippen molar-refractivity contribution >= 4 is 0 Å². The summed E-state index contributed by atoms with van der Waals surface area (Å²) in [6.45, 7) is 0. The molecular weight excluding hydrogens is 314 g/mol. The van der Waals surface area contributed by atoms with E-state index in [1.165, 1.54) is 0 Å². The Morgan fingerprint density at radius 1 is 1.25 bits per heavy atom. The van der Waals surface area contributed by atoms with Gasteiger partial charge in [-0.05, 0) is 0 Å². The van der Waals surface area contributed by atoms with Gasteiger partial charge in [-0.1, -0.05) is 0 Å². The molecular formula is FeNiOW. The van der Waals surface area contributed by atoms with Crippen molar-refractivity contribution in [3.63, 3.8) is 0 Å². The van der Waals surface area contributed by atoms with E-state index in [1.54, 1.807) is 0 Å². The summed E-state index contributed by atoms with van der Waals surface area (Å²) in [5.41, 5.74) is 0. The van der Waals surface area contributed by atoms with E-state index in [-0.39, 0.29) is 33.6 Å². The van der Waals surface area contributed by atoms with Crippen molar-refractivity contribution < 1.29 is 56.7 Å². The summed E-state index contributed by atoms with van der Waals surface area (Å²) in [5.74, 6) is 0. The second-order valence-electron chi connectivity index (χ2n) is 0. The molecule has 0 aromatic heterocycles. The molecule has 0 amide bonds. The van der Waals surface area contributed by atoms with Crippen LogP contribution in [0, 0.1) is 0 Å². The fourth-order valence-electron chi connectivity index (χ4n) is 0. The van der Waals surface area contributed by atoms with Crippen LogP contribution < -0.4 is 0 Å². The Balaban J connectivity index is -0.00000000500. The molecule has 4 heavy (non-hydrogen) atoms. The first-order valence-corrected chi connectivity index (χ1v) is 1.36. The van der Waals surface area contributed by atoms with Gasteiger partial charge in [0, 0.05) is 33.6 Å². The molecule has 0 unspecified atom stereocenters. The Morgan fingerprint density at radius 3 is 1.25 bits per heavy atom. The van der Waals surface area contributed by atoms with Gasteiger partial charge < -0.3 is 0 Å². The van der Waals surface area contributed by atoms with E-state index in [4.69, 9.17) is 3.40 Å². The molecule has 4 heteroatoms. The van der Waals surface area contributed by atoms with Crippen molar-refractivity contribution in [2.45, 2.75) is 0 Å². The molecule has 0 aromatic rings. The first-order valence-electron chi connectivity index (χ1n) is 0.167. The third kappa shape index (κ3) is 9.72. The van der Waals surface area contributed by atoms with E-state index in [9.17, 15) is 0 Å². The molecule has 0 saturated heterocycles. The SMILES string of the molecule is [Fe].[Ni].[O]=[W]. The second kappa shape index (κ2) is 24.5. The van der Waals surface area contributed by atoms with Crippen LogP contribution in [0.15, 0.2) is 0 Å². The van der Waals surface area contributed by atoms with Crippen molar-refractivity contribution in [1.82, 2.24) is 0 Å². The van der Waals surface area contributed by atoms with Crippen LogP contribution >= 0.6 is 0 Å². The Labute approximate surface area is 56.5 Å². The molecule has 0 heterocycles. The molecule has 0 aliphatic carbocycles. The summed E-state index contributed by atoms with van der Waals surface area (Å²) in [4.78, 5) is 0. The van der Waals surface area contributed by atoms with Gasteiger partial charge >= 0.3 is 23.2 Å². The third-order valence-electron chi connectivity index (χ3n) is 0. The monoisotopic (exact) mass is 314 g/mol. The van der Waals surface area contributed by atoms with Gasteiger partial charge in [0.25, 0.3) is 0 Å².